The summed E-state index contributed by atoms with van der Waals surface area (Å²) in [6, 6.07) is 0. The second-order valence-corrected chi connectivity index (χ2v) is 10.4. The Bertz CT molecular complexity index is 930. The highest BCUT2D eigenvalue weighted by molar-refractivity contribution is 5.88. The van der Waals surface area contributed by atoms with Crippen LogP contribution in [0.25, 0.3) is 6.08 Å². The van der Waals surface area contributed by atoms with E-state index >= 15 is 0 Å². The molecule has 5 atom stereocenters. The number of ketones is 1. The van der Waals surface area contributed by atoms with E-state index < -0.39 is 35.6 Å². The molecule has 0 saturated heterocycles. The Labute approximate surface area is 208 Å². The number of hydrogen-bond acceptors (Lipinski definition) is 8. The zero-order valence-corrected chi connectivity index (χ0v) is 21.8. The molecule has 0 spiro atoms. The quantitative estimate of drug-likeness (QED) is 0.428. The summed E-state index contributed by atoms with van der Waals surface area (Å²) in [4.78, 5) is 30.1. The highest BCUT2D eigenvalue weighted by Gasteiger charge is 2.42. The zero-order chi connectivity index (χ0) is 26.3. The summed E-state index contributed by atoms with van der Waals surface area (Å²) in [6.07, 6.45) is 5.07. The number of cyclic esters (lactones) is 1. The first-order valence-corrected chi connectivity index (χ1v) is 12.4. The molecule has 1 aromatic heterocycles. The van der Waals surface area contributed by atoms with Crippen LogP contribution in [-0.4, -0.2) is 50.4 Å². The number of rotatable bonds is 3. The lowest BCUT2D eigenvalue weighted by Crippen LogP contribution is -2.45. The van der Waals surface area contributed by atoms with Crippen LogP contribution in [0, 0.1) is 17.3 Å². The van der Waals surface area contributed by atoms with Gasteiger partial charge in [-0.15, -0.1) is 0 Å². The van der Waals surface area contributed by atoms with Gasteiger partial charge in [-0.25, -0.2) is 4.98 Å². The second kappa shape index (κ2) is 12.6. The van der Waals surface area contributed by atoms with Crippen molar-refractivity contribution in [2.45, 2.75) is 98.6 Å². The first kappa shape index (κ1) is 28.9. The molecule has 196 valence electrons. The molecule has 0 fully saturated rings. The van der Waals surface area contributed by atoms with Gasteiger partial charge in [0.05, 0.1) is 24.0 Å². The molecular weight excluding hydrogens is 450 g/mol. The number of oxazole rings is 1. The molecule has 0 bridgehead atoms. The number of aromatic nitrogens is 1. The molecule has 8 heteroatoms. The lowest BCUT2D eigenvalue weighted by Gasteiger charge is -2.34. The molecule has 3 N–H and O–H groups in total. The van der Waals surface area contributed by atoms with Gasteiger partial charge in [0, 0.05) is 12.3 Å². The Balaban J connectivity index is 2.33. The van der Waals surface area contributed by atoms with Gasteiger partial charge >= 0.3 is 5.97 Å². The molecule has 2 rings (SSSR count). The van der Waals surface area contributed by atoms with Crippen LogP contribution in [-0.2, 0) is 20.9 Å². The van der Waals surface area contributed by atoms with Gasteiger partial charge in [0.1, 0.15) is 30.5 Å². The van der Waals surface area contributed by atoms with Gasteiger partial charge in [-0.3, -0.25) is 9.59 Å². The fourth-order valence-electron chi connectivity index (χ4n) is 4.42. The SMILES string of the molecule is CC(=Cc1coc(CO)n1)[C@@H]1C/C=C(/C)CCC[C@H](C)[C@H](O)[C@@H](C)C(=O)C(C)(C)[C@@H](O)CC(=O)O1. The number of hydrogen-bond donors (Lipinski definition) is 3. The van der Waals surface area contributed by atoms with Crippen molar-refractivity contribution in [1.82, 2.24) is 4.98 Å². The standard InChI is InChI=1S/C27H41NO7/c1-16-8-7-9-17(2)25(32)19(4)26(33)27(5,6)22(30)13-24(31)35-21(11-10-16)18(3)12-20-15-34-23(14-29)28-20/h10,12,15,17,19,21-22,25,29-30,32H,7-9,11,13-14H2,1-6H3/b16-10-,18-12?/t17-,19+,21-,22-,25-/m0/s1. The Morgan fingerprint density at radius 2 is 1.94 bits per heavy atom. The maximum Gasteiger partial charge on any atom is 0.309 e. The number of carbonyl (C=O) groups excluding carboxylic acids is 2. The molecule has 2 heterocycles. The summed E-state index contributed by atoms with van der Waals surface area (Å²) in [5, 5.41) is 30.7. The average Bonchev–Trinajstić information content (AvgIpc) is 3.26. The van der Waals surface area contributed by atoms with Crippen molar-refractivity contribution in [2.24, 2.45) is 17.3 Å². The van der Waals surface area contributed by atoms with Crippen LogP contribution in [0.5, 0.6) is 0 Å². The van der Waals surface area contributed by atoms with Crippen LogP contribution < -0.4 is 0 Å². The van der Waals surface area contributed by atoms with Crippen LogP contribution >= 0.6 is 0 Å². The first-order valence-electron chi connectivity index (χ1n) is 12.4. The predicted molar refractivity (Wildman–Crippen MR) is 132 cm³/mol. The summed E-state index contributed by atoms with van der Waals surface area (Å²) in [7, 11) is 0. The van der Waals surface area contributed by atoms with Gasteiger partial charge in [0.25, 0.3) is 0 Å². The number of aliphatic hydroxyl groups excluding tert-OH is 3. The van der Waals surface area contributed by atoms with Gasteiger partial charge < -0.3 is 24.5 Å². The average molecular weight is 492 g/mol. The van der Waals surface area contributed by atoms with E-state index in [1.165, 1.54) is 6.26 Å². The fourth-order valence-corrected chi connectivity index (χ4v) is 4.42. The van der Waals surface area contributed by atoms with Gasteiger partial charge in [-0.2, -0.15) is 0 Å². The molecular formula is C27H41NO7. The molecule has 0 amide bonds. The summed E-state index contributed by atoms with van der Waals surface area (Å²) in [6.45, 7) is 10.3. The molecule has 1 aliphatic rings. The van der Waals surface area contributed by atoms with Crippen LogP contribution in [0.4, 0.5) is 0 Å². The maximum absolute atomic E-state index is 13.2. The normalized spacial score (nSPS) is 31.5. The monoisotopic (exact) mass is 491 g/mol. The van der Waals surface area contributed by atoms with Crippen LogP contribution in [0.15, 0.2) is 27.9 Å². The van der Waals surface area contributed by atoms with E-state index in [-0.39, 0.29) is 30.6 Å². The van der Waals surface area contributed by atoms with Gasteiger partial charge in [-0.05, 0) is 50.7 Å². The topological polar surface area (TPSA) is 130 Å². The van der Waals surface area contributed by atoms with E-state index in [4.69, 9.17) is 9.15 Å². The minimum Gasteiger partial charge on any atom is -0.457 e. The number of ether oxygens (including phenoxy) is 1. The summed E-state index contributed by atoms with van der Waals surface area (Å²) in [5.74, 6) is -1.44. The molecule has 1 aliphatic heterocycles. The second-order valence-electron chi connectivity index (χ2n) is 10.4. The Kier molecular flexibility index (Phi) is 10.4. The predicted octanol–water partition coefficient (Wildman–Crippen LogP) is 3.98. The van der Waals surface area contributed by atoms with Gasteiger partial charge in [0.15, 0.2) is 0 Å². The van der Waals surface area contributed by atoms with Crippen molar-refractivity contribution in [2.75, 3.05) is 0 Å². The number of nitrogens with zero attached hydrogens (tertiary/aromatic N) is 1. The van der Waals surface area contributed by atoms with Gasteiger partial charge in [-0.1, -0.05) is 39.3 Å². The minimum absolute atomic E-state index is 0.0724. The largest absolute Gasteiger partial charge is 0.457 e. The zero-order valence-electron chi connectivity index (χ0n) is 21.8. The summed E-state index contributed by atoms with van der Waals surface area (Å²) in [5.41, 5.74) is 1.15. The molecule has 0 aliphatic carbocycles. The van der Waals surface area contributed by atoms with Crippen molar-refractivity contribution < 1.29 is 34.1 Å². The summed E-state index contributed by atoms with van der Waals surface area (Å²) < 4.78 is 10.9. The van der Waals surface area contributed by atoms with Crippen molar-refractivity contribution in [1.29, 1.82) is 0 Å². The van der Waals surface area contributed by atoms with E-state index in [9.17, 15) is 24.9 Å². The number of esters is 1. The molecule has 8 nitrogen and oxygen atoms in total. The first-order chi connectivity index (χ1) is 16.4. The Morgan fingerprint density at radius 1 is 1.26 bits per heavy atom. The Morgan fingerprint density at radius 3 is 2.57 bits per heavy atom. The Hall–Kier alpha value is -2.29. The van der Waals surface area contributed by atoms with Crippen molar-refractivity contribution >= 4 is 17.8 Å². The molecule has 0 unspecified atom stereocenters. The third-order valence-electron chi connectivity index (χ3n) is 7.11. The van der Waals surface area contributed by atoms with E-state index in [1.54, 1.807) is 26.8 Å². The lowest BCUT2D eigenvalue weighted by atomic mass is 9.73. The van der Waals surface area contributed by atoms with Crippen molar-refractivity contribution in [3.63, 3.8) is 0 Å². The van der Waals surface area contributed by atoms with E-state index in [0.717, 1.165) is 30.4 Å². The van der Waals surface area contributed by atoms with Crippen molar-refractivity contribution in [3.8, 4) is 0 Å². The highest BCUT2D eigenvalue weighted by Crippen LogP contribution is 2.32. The maximum atomic E-state index is 13.2. The molecule has 1 aromatic rings. The molecule has 0 saturated carbocycles. The van der Waals surface area contributed by atoms with E-state index in [0.29, 0.717) is 12.1 Å². The number of allylic oxidation sites excluding steroid dienone is 1. The fraction of sp³-hybridized carbons (Fsp3) is 0.667. The third kappa shape index (κ3) is 7.85. The smallest absolute Gasteiger partial charge is 0.309 e. The minimum atomic E-state index is -1.26. The molecule has 0 aromatic carbocycles. The van der Waals surface area contributed by atoms with Crippen molar-refractivity contribution in [3.05, 3.63) is 35.1 Å². The third-order valence-corrected chi connectivity index (χ3v) is 7.11. The van der Waals surface area contributed by atoms with E-state index in [2.05, 4.69) is 4.98 Å². The summed E-state index contributed by atoms with van der Waals surface area (Å²) >= 11 is 0. The van der Waals surface area contributed by atoms with E-state index in [1.807, 2.05) is 26.8 Å². The number of carbonyl (C=O) groups is 2. The van der Waals surface area contributed by atoms with Crippen LogP contribution in [0.3, 0.4) is 0 Å². The molecule has 0 radical (unpaired) electrons. The lowest BCUT2D eigenvalue weighted by molar-refractivity contribution is -0.154. The highest BCUT2D eigenvalue weighted by atomic mass is 16.5. The number of aliphatic hydroxyl groups is 3. The van der Waals surface area contributed by atoms with Gasteiger partial charge in [0.2, 0.25) is 5.89 Å². The van der Waals surface area contributed by atoms with Crippen LogP contribution in [0.1, 0.15) is 85.2 Å². The molecule has 35 heavy (non-hydrogen) atoms. The number of Topliss-reactive ketones (excluding diaryl/α,β-unsaturated/α-hetero) is 1. The van der Waals surface area contributed by atoms with Crippen LogP contribution in [0.2, 0.25) is 0 Å².